The molecule has 0 unspecified atom stereocenters. The SMILES string of the molecule is CCCC[Se]/C=C/c1cc[se]c1C=O. The second-order valence-electron chi connectivity index (χ2n) is 2.89. The molecule has 1 nitrogen and oxygen atoms in total. The molecule has 1 rings (SSSR count). The summed E-state index contributed by atoms with van der Waals surface area (Å²) >= 11 is 0.901. The van der Waals surface area contributed by atoms with Crippen molar-refractivity contribution in [1.82, 2.24) is 0 Å². The van der Waals surface area contributed by atoms with Crippen LogP contribution in [-0.2, 0) is 0 Å². The summed E-state index contributed by atoms with van der Waals surface area (Å²) in [6.45, 7) is 2.22. The zero-order chi connectivity index (χ0) is 10.2. The summed E-state index contributed by atoms with van der Waals surface area (Å²) in [5.74, 6) is 0. The molecule has 0 amide bonds. The van der Waals surface area contributed by atoms with Crippen molar-refractivity contribution in [3.63, 3.8) is 0 Å². The summed E-state index contributed by atoms with van der Waals surface area (Å²) in [7, 11) is 0. The van der Waals surface area contributed by atoms with E-state index in [4.69, 9.17) is 0 Å². The molecule has 3 heteroatoms. The Hall–Kier alpha value is -0.0710. The second kappa shape index (κ2) is 7.25. The summed E-state index contributed by atoms with van der Waals surface area (Å²) < 4.78 is 0.986. The first-order valence-electron chi connectivity index (χ1n) is 4.69. The van der Waals surface area contributed by atoms with E-state index in [0.29, 0.717) is 15.0 Å². The summed E-state index contributed by atoms with van der Waals surface area (Å²) in [5.41, 5.74) is 1.14. The van der Waals surface area contributed by atoms with Gasteiger partial charge in [0.15, 0.2) is 0 Å². The van der Waals surface area contributed by atoms with E-state index in [0.717, 1.165) is 16.3 Å². The van der Waals surface area contributed by atoms with Crippen LogP contribution in [0.4, 0.5) is 0 Å². The Bertz CT molecular complexity index is 302. The Kier molecular flexibility index (Phi) is 6.22. The minimum absolute atomic E-state index is 0.290. The van der Waals surface area contributed by atoms with Gasteiger partial charge < -0.3 is 0 Å². The van der Waals surface area contributed by atoms with Gasteiger partial charge in [-0.3, -0.25) is 0 Å². The Balaban J connectivity index is 2.39. The van der Waals surface area contributed by atoms with Crippen LogP contribution in [0.25, 0.3) is 6.08 Å². The molecule has 0 aromatic carbocycles. The van der Waals surface area contributed by atoms with Crippen molar-refractivity contribution >= 4 is 41.8 Å². The molecule has 0 radical (unpaired) electrons. The molecular formula is C11H14OSe2. The van der Waals surface area contributed by atoms with Crippen LogP contribution in [0, 0.1) is 0 Å². The fourth-order valence-corrected chi connectivity index (χ4v) is 4.18. The van der Waals surface area contributed by atoms with Gasteiger partial charge in [0.25, 0.3) is 0 Å². The number of carbonyl (C=O) groups excluding carboxylic acids is 1. The van der Waals surface area contributed by atoms with Crippen LogP contribution in [0.5, 0.6) is 0 Å². The second-order valence-corrected chi connectivity index (χ2v) is 7.00. The van der Waals surface area contributed by atoms with Gasteiger partial charge >= 0.3 is 97.7 Å². The monoisotopic (exact) mass is 322 g/mol. The van der Waals surface area contributed by atoms with Crippen molar-refractivity contribution in [2.75, 3.05) is 0 Å². The van der Waals surface area contributed by atoms with Crippen LogP contribution < -0.4 is 0 Å². The number of aldehydes is 1. The number of rotatable bonds is 6. The van der Waals surface area contributed by atoms with Crippen LogP contribution in [0.15, 0.2) is 16.0 Å². The number of hydrogen-bond acceptors (Lipinski definition) is 1. The van der Waals surface area contributed by atoms with Gasteiger partial charge in [-0.2, -0.15) is 0 Å². The molecule has 1 aromatic heterocycles. The van der Waals surface area contributed by atoms with Gasteiger partial charge in [-0.25, -0.2) is 0 Å². The average Bonchev–Trinajstić information content (AvgIpc) is 2.65. The first-order valence-corrected chi connectivity index (χ1v) is 8.74. The topological polar surface area (TPSA) is 17.1 Å². The van der Waals surface area contributed by atoms with E-state index >= 15 is 0 Å². The first kappa shape index (κ1) is 12.0. The van der Waals surface area contributed by atoms with Gasteiger partial charge in [0, 0.05) is 0 Å². The van der Waals surface area contributed by atoms with Gasteiger partial charge in [0.1, 0.15) is 0 Å². The molecular weight excluding hydrogens is 306 g/mol. The van der Waals surface area contributed by atoms with Crippen molar-refractivity contribution in [2.45, 2.75) is 25.1 Å². The molecule has 0 N–H and O–H groups in total. The maximum absolute atomic E-state index is 10.6. The van der Waals surface area contributed by atoms with E-state index in [9.17, 15) is 4.79 Å². The predicted molar refractivity (Wildman–Crippen MR) is 63.3 cm³/mol. The van der Waals surface area contributed by atoms with Crippen molar-refractivity contribution in [2.24, 2.45) is 0 Å². The van der Waals surface area contributed by atoms with Crippen molar-refractivity contribution in [1.29, 1.82) is 0 Å². The summed E-state index contributed by atoms with van der Waals surface area (Å²) in [4.78, 5) is 15.0. The van der Waals surface area contributed by atoms with Crippen LogP contribution in [-0.4, -0.2) is 35.7 Å². The molecule has 0 saturated heterocycles. The third-order valence-electron chi connectivity index (χ3n) is 1.79. The average molecular weight is 320 g/mol. The van der Waals surface area contributed by atoms with E-state index in [-0.39, 0.29) is 14.5 Å². The summed E-state index contributed by atoms with van der Waals surface area (Å²) in [6.07, 6.45) is 5.72. The van der Waals surface area contributed by atoms with Crippen molar-refractivity contribution in [3.05, 3.63) is 26.0 Å². The molecule has 1 heterocycles. The van der Waals surface area contributed by atoms with Gasteiger partial charge in [-0.15, -0.1) is 0 Å². The predicted octanol–water partition coefficient (Wildman–Crippen LogP) is 2.45. The van der Waals surface area contributed by atoms with Crippen LogP contribution in [0.1, 0.15) is 34.6 Å². The Morgan fingerprint density at radius 2 is 2.43 bits per heavy atom. The van der Waals surface area contributed by atoms with Crippen LogP contribution >= 0.6 is 0 Å². The third-order valence-corrected chi connectivity index (χ3v) is 5.38. The van der Waals surface area contributed by atoms with Gasteiger partial charge in [0.2, 0.25) is 0 Å². The molecule has 0 aliphatic heterocycles. The van der Waals surface area contributed by atoms with E-state index in [1.807, 2.05) is 0 Å². The van der Waals surface area contributed by atoms with Crippen molar-refractivity contribution in [3.8, 4) is 0 Å². The van der Waals surface area contributed by atoms with Crippen LogP contribution in [0.2, 0.25) is 5.32 Å². The number of carbonyl (C=O) groups is 1. The van der Waals surface area contributed by atoms with Gasteiger partial charge in [-0.05, 0) is 0 Å². The van der Waals surface area contributed by atoms with Crippen molar-refractivity contribution < 1.29 is 4.79 Å². The molecule has 0 aliphatic rings. The summed E-state index contributed by atoms with van der Waals surface area (Å²) in [5, 5.41) is 1.32. The number of unbranched alkanes of at least 4 members (excludes halogenated alkanes) is 1. The Morgan fingerprint density at radius 1 is 1.57 bits per heavy atom. The normalized spacial score (nSPS) is 10.9. The van der Waals surface area contributed by atoms with E-state index in [1.54, 1.807) is 0 Å². The Labute approximate surface area is 97.5 Å². The molecule has 1 aromatic rings. The fraction of sp³-hybridized carbons (Fsp3) is 0.364. The quantitative estimate of drug-likeness (QED) is 0.447. The molecule has 14 heavy (non-hydrogen) atoms. The summed E-state index contributed by atoms with van der Waals surface area (Å²) in [6, 6.07) is 2.07. The van der Waals surface area contributed by atoms with Gasteiger partial charge in [-0.1, -0.05) is 0 Å². The number of hydrogen-bond donors (Lipinski definition) is 0. The molecule has 0 saturated carbocycles. The molecule has 76 valence electrons. The molecule has 0 aliphatic carbocycles. The zero-order valence-electron chi connectivity index (χ0n) is 8.23. The zero-order valence-corrected chi connectivity index (χ0v) is 11.7. The molecule has 0 fully saturated rings. The fourth-order valence-electron chi connectivity index (χ4n) is 0.981. The molecule has 0 spiro atoms. The molecule has 0 atom stereocenters. The van der Waals surface area contributed by atoms with E-state index in [2.05, 4.69) is 29.0 Å². The van der Waals surface area contributed by atoms with E-state index in [1.165, 1.54) is 18.2 Å². The standard InChI is InChI=1S/C11H14OSe2/c1-2-3-6-13-7-4-10-5-8-14-11(10)9-12/h4-5,7-9H,2-3,6H2,1H3/b7-4+. The first-order chi connectivity index (χ1) is 6.88. The molecule has 0 bridgehead atoms. The van der Waals surface area contributed by atoms with Gasteiger partial charge in [0.05, 0.1) is 0 Å². The maximum atomic E-state index is 10.6. The third kappa shape index (κ3) is 3.98. The van der Waals surface area contributed by atoms with E-state index < -0.39 is 0 Å². The minimum atomic E-state index is 0.290. The Morgan fingerprint density at radius 3 is 3.14 bits per heavy atom. The van der Waals surface area contributed by atoms with Crippen LogP contribution in [0.3, 0.4) is 0 Å².